The normalized spacial score (nSPS) is 12.0. The van der Waals surface area contributed by atoms with Crippen LogP contribution in [0.15, 0.2) is 12.2 Å². The summed E-state index contributed by atoms with van der Waals surface area (Å²) in [5, 5.41) is 0. The van der Waals surface area contributed by atoms with E-state index in [0.717, 1.165) is 64.2 Å². The molecule has 0 N–H and O–H groups in total. The van der Waals surface area contributed by atoms with Crippen molar-refractivity contribution in [3.8, 4) is 0 Å². The summed E-state index contributed by atoms with van der Waals surface area (Å²) >= 11 is 0. The van der Waals surface area contributed by atoms with Gasteiger partial charge in [0.2, 0.25) is 0 Å². The van der Waals surface area contributed by atoms with Gasteiger partial charge in [-0.1, -0.05) is 226 Å². The smallest absolute Gasteiger partial charge is 0.306 e. The third kappa shape index (κ3) is 45.1. The molecular weight excluding hydrogens is 709 g/mol. The van der Waals surface area contributed by atoms with E-state index >= 15 is 0 Å². The van der Waals surface area contributed by atoms with E-state index in [-0.39, 0.29) is 31.1 Å². The molecule has 0 unspecified atom stereocenters. The molecule has 0 amide bonds. The van der Waals surface area contributed by atoms with Gasteiger partial charge in [-0.15, -0.1) is 0 Å². The van der Waals surface area contributed by atoms with E-state index in [1.807, 2.05) is 0 Å². The molecule has 6 heteroatoms. The molecule has 57 heavy (non-hydrogen) atoms. The number of hydrogen-bond donors (Lipinski definition) is 0. The highest BCUT2D eigenvalue weighted by atomic mass is 16.6. The lowest BCUT2D eigenvalue weighted by Crippen LogP contribution is -2.30. The van der Waals surface area contributed by atoms with Crippen LogP contribution in [0.25, 0.3) is 0 Å². The van der Waals surface area contributed by atoms with Gasteiger partial charge in [0.25, 0.3) is 0 Å². The fourth-order valence-electron chi connectivity index (χ4n) is 7.44. The van der Waals surface area contributed by atoms with Gasteiger partial charge in [-0.25, -0.2) is 0 Å². The van der Waals surface area contributed by atoms with Crippen molar-refractivity contribution in [3.63, 3.8) is 0 Å². The van der Waals surface area contributed by atoms with E-state index in [2.05, 4.69) is 32.9 Å². The topological polar surface area (TPSA) is 78.9 Å². The molecule has 0 aromatic heterocycles. The van der Waals surface area contributed by atoms with Crippen LogP contribution in [0.3, 0.4) is 0 Å². The van der Waals surface area contributed by atoms with Crippen molar-refractivity contribution in [1.29, 1.82) is 0 Å². The van der Waals surface area contributed by atoms with Gasteiger partial charge in [0.05, 0.1) is 0 Å². The van der Waals surface area contributed by atoms with Gasteiger partial charge in [0, 0.05) is 19.3 Å². The van der Waals surface area contributed by atoms with Gasteiger partial charge in [-0.2, -0.15) is 0 Å². The van der Waals surface area contributed by atoms with Gasteiger partial charge < -0.3 is 14.2 Å². The average molecular weight is 805 g/mol. The van der Waals surface area contributed by atoms with E-state index in [9.17, 15) is 14.4 Å². The summed E-state index contributed by atoms with van der Waals surface area (Å²) in [6, 6.07) is 0. The number of carbonyl (C=O) groups is 3. The van der Waals surface area contributed by atoms with Crippen molar-refractivity contribution in [1.82, 2.24) is 0 Å². The minimum Gasteiger partial charge on any atom is -0.462 e. The van der Waals surface area contributed by atoms with E-state index < -0.39 is 6.10 Å². The summed E-state index contributed by atoms with van der Waals surface area (Å²) in [6.45, 7) is 6.64. The van der Waals surface area contributed by atoms with Crippen LogP contribution in [0.4, 0.5) is 0 Å². The summed E-state index contributed by atoms with van der Waals surface area (Å²) in [7, 11) is 0. The Balaban J connectivity index is 4.34. The molecule has 0 aliphatic carbocycles. The first-order chi connectivity index (χ1) is 28.0. The Morgan fingerprint density at radius 3 is 0.877 bits per heavy atom. The zero-order chi connectivity index (χ0) is 41.5. The van der Waals surface area contributed by atoms with Crippen LogP contribution in [-0.2, 0) is 28.6 Å². The van der Waals surface area contributed by atoms with Gasteiger partial charge in [0.15, 0.2) is 6.10 Å². The summed E-state index contributed by atoms with van der Waals surface area (Å²) < 4.78 is 16.8. The molecule has 0 rings (SSSR count). The maximum Gasteiger partial charge on any atom is 0.306 e. The quantitative estimate of drug-likeness (QED) is 0.0264. The monoisotopic (exact) mass is 805 g/mol. The summed E-state index contributed by atoms with van der Waals surface area (Å²) in [4.78, 5) is 37.8. The van der Waals surface area contributed by atoms with Crippen LogP contribution in [0.1, 0.15) is 278 Å². The predicted molar refractivity (Wildman–Crippen MR) is 243 cm³/mol. The highest BCUT2D eigenvalue weighted by Crippen LogP contribution is 2.16. The minimum absolute atomic E-state index is 0.0683. The van der Waals surface area contributed by atoms with E-state index in [1.165, 1.54) is 173 Å². The van der Waals surface area contributed by atoms with Crippen LogP contribution in [0.2, 0.25) is 0 Å². The highest BCUT2D eigenvalue weighted by Gasteiger charge is 2.19. The zero-order valence-electron chi connectivity index (χ0n) is 38.4. The van der Waals surface area contributed by atoms with Crippen molar-refractivity contribution >= 4 is 17.9 Å². The minimum atomic E-state index is -0.766. The number of hydrogen-bond acceptors (Lipinski definition) is 6. The third-order valence-corrected chi connectivity index (χ3v) is 11.3. The summed E-state index contributed by atoms with van der Waals surface area (Å²) in [6.07, 6.45) is 50.4. The van der Waals surface area contributed by atoms with Crippen molar-refractivity contribution in [2.75, 3.05) is 13.2 Å². The molecule has 0 spiro atoms. The molecule has 336 valence electrons. The van der Waals surface area contributed by atoms with E-state index in [0.29, 0.717) is 19.3 Å². The average Bonchev–Trinajstić information content (AvgIpc) is 3.21. The molecule has 0 aliphatic heterocycles. The second-order valence-corrected chi connectivity index (χ2v) is 17.1. The first-order valence-corrected chi connectivity index (χ1v) is 25.2. The third-order valence-electron chi connectivity index (χ3n) is 11.3. The Bertz CT molecular complexity index is 885. The van der Waals surface area contributed by atoms with Crippen molar-refractivity contribution in [3.05, 3.63) is 12.2 Å². The maximum absolute atomic E-state index is 12.8. The largest absolute Gasteiger partial charge is 0.462 e. The lowest BCUT2D eigenvalue weighted by Gasteiger charge is -2.18. The zero-order valence-corrected chi connectivity index (χ0v) is 38.4. The SMILES string of the molecule is CCCCCCCC/C=C\CCCCCCCC(=O)O[C@H](COC(=O)CCCCCCCCCCCCC)COC(=O)CCCCCCCCCCCCCCC. The number of carbonyl (C=O) groups excluding carboxylic acids is 3. The molecule has 0 saturated carbocycles. The number of unbranched alkanes of at least 4 members (excludes halogenated alkanes) is 33. The van der Waals surface area contributed by atoms with Crippen molar-refractivity contribution in [2.24, 2.45) is 0 Å². The maximum atomic E-state index is 12.8. The fourth-order valence-corrected chi connectivity index (χ4v) is 7.44. The van der Waals surface area contributed by atoms with Gasteiger partial charge in [0.1, 0.15) is 13.2 Å². The molecule has 0 bridgehead atoms. The first kappa shape index (κ1) is 55.2. The molecule has 0 aromatic rings. The fraction of sp³-hybridized carbons (Fsp3) is 0.902. The standard InChI is InChI=1S/C51H96O6/c1-4-7-10-13-16-19-22-24-25-27-30-33-36-39-42-45-51(54)57-48(46-55-49(52)43-40-37-34-31-28-21-18-15-12-9-6-3)47-56-50(53)44-41-38-35-32-29-26-23-20-17-14-11-8-5-2/h24-25,48H,4-23,26-47H2,1-3H3/b25-24-/t48-/m1/s1. The Kier molecular flexibility index (Phi) is 45.3. The molecule has 0 saturated heterocycles. The van der Waals surface area contributed by atoms with Crippen LogP contribution in [-0.4, -0.2) is 37.2 Å². The van der Waals surface area contributed by atoms with Crippen LogP contribution >= 0.6 is 0 Å². The number of rotatable bonds is 46. The molecule has 0 fully saturated rings. The molecule has 6 nitrogen and oxygen atoms in total. The molecule has 0 aliphatic rings. The molecule has 1 atom stereocenters. The lowest BCUT2D eigenvalue weighted by atomic mass is 10.0. The second kappa shape index (κ2) is 46.8. The Morgan fingerprint density at radius 1 is 0.333 bits per heavy atom. The van der Waals surface area contributed by atoms with Crippen LogP contribution < -0.4 is 0 Å². The highest BCUT2D eigenvalue weighted by molar-refractivity contribution is 5.71. The second-order valence-electron chi connectivity index (χ2n) is 17.1. The predicted octanol–water partition coefficient (Wildman–Crippen LogP) is 16.2. The van der Waals surface area contributed by atoms with Crippen LogP contribution in [0.5, 0.6) is 0 Å². The summed E-state index contributed by atoms with van der Waals surface area (Å²) in [5.41, 5.74) is 0. The van der Waals surface area contributed by atoms with Gasteiger partial charge in [-0.05, 0) is 44.9 Å². The Morgan fingerprint density at radius 2 is 0.579 bits per heavy atom. The van der Waals surface area contributed by atoms with E-state index in [4.69, 9.17) is 14.2 Å². The van der Waals surface area contributed by atoms with Crippen molar-refractivity contribution < 1.29 is 28.6 Å². The molecular formula is C51H96O6. The molecule has 0 radical (unpaired) electrons. The van der Waals surface area contributed by atoms with Crippen LogP contribution in [0, 0.1) is 0 Å². The van der Waals surface area contributed by atoms with Gasteiger partial charge in [-0.3, -0.25) is 14.4 Å². The first-order valence-electron chi connectivity index (χ1n) is 25.2. The molecule has 0 aromatic carbocycles. The number of ether oxygens (including phenoxy) is 3. The number of esters is 3. The lowest BCUT2D eigenvalue weighted by molar-refractivity contribution is -0.167. The van der Waals surface area contributed by atoms with Gasteiger partial charge >= 0.3 is 17.9 Å². The van der Waals surface area contributed by atoms with Crippen molar-refractivity contribution in [2.45, 2.75) is 284 Å². The summed E-state index contributed by atoms with van der Waals surface area (Å²) in [5.74, 6) is -0.863. The molecule has 0 heterocycles. The van der Waals surface area contributed by atoms with E-state index in [1.54, 1.807) is 0 Å². The number of allylic oxidation sites excluding steroid dienone is 2. The Labute approximate surface area is 354 Å². The Hall–Kier alpha value is -1.85.